The first-order chi connectivity index (χ1) is 12.7. The fraction of sp³-hybridized carbons (Fsp3) is 0.500. The Bertz CT molecular complexity index is 791. The van der Waals surface area contributed by atoms with E-state index < -0.39 is 5.41 Å². The summed E-state index contributed by atoms with van der Waals surface area (Å²) in [6, 6.07) is 6.62. The number of piperidine rings is 1. The number of fused-ring (bicyclic) bond motifs is 1. The molecule has 6 heteroatoms. The van der Waals surface area contributed by atoms with E-state index in [1.54, 1.807) is 7.11 Å². The van der Waals surface area contributed by atoms with Gasteiger partial charge in [0.25, 0.3) is 0 Å². The molecule has 0 saturated carbocycles. The van der Waals surface area contributed by atoms with Crippen molar-refractivity contribution in [1.82, 2.24) is 10.3 Å². The second-order valence-corrected chi connectivity index (χ2v) is 8.15. The first-order valence-electron chi connectivity index (χ1n) is 9.29. The van der Waals surface area contributed by atoms with E-state index in [4.69, 9.17) is 4.74 Å². The van der Waals surface area contributed by atoms with Gasteiger partial charge >= 0.3 is 0 Å². The van der Waals surface area contributed by atoms with Crippen LogP contribution in [0.3, 0.4) is 0 Å². The fourth-order valence-corrected chi connectivity index (χ4v) is 4.76. The number of methoxy groups -OCH3 is 1. The minimum atomic E-state index is -0.459. The van der Waals surface area contributed by atoms with Crippen molar-refractivity contribution in [1.29, 1.82) is 0 Å². The third kappa shape index (κ3) is 3.41. The third-order valence-electron chi connectivity index (χ3n) is 5.58. The molecule has 2 aromatic rings. The lowest BCUT2D eigenvalue weighted by atomic mass is 9.79. The Morgan fingerprint density at radius 3 is 2.92 bits per heavy atom. The SMILES string of the molecule is COCC1(C(=O)Nc2nc(-c3ccc4c(c3)CCC4)cs2)CCNCC1. The van der Waals surface area contributed by atoms with Crippen LogP contribution in [0.5, 0.6) is 0 Å². The molecule has 2 aliphatic rings. The molecule has 1 amide bonds. The van der Waals surface area contributed by atoms with E-state index in [1.807, 2.05) is 5.38 Å². The van der Waals surface area contributed by atoms with E-state index >= 15 is 0 Å². The highest BCUT2D eigenvalue weighted by atomic mass is 32.1. The van der Waals surface area contributed by atoms with Crippen LogP contribution in [0.1, 0.15) is 30.4 Å². The van der Waals surface area contributed by atoms with Crippen LogP contribution in [-0.4, -0.2) is 37.7 Å². The Labute approximate surface area is 158 Å². The number of hydrogen-bond acceptors (Lipinski definition) is 5. The predicted molar refractivity (Wildman–Crippen MR) is 105 cm³/mol. The highest BCUT2D eigenvalue weighted by molar-refractivity contribution is 7.14. The van der Waals surface area contributed by atoms with E-state index in [0.717, 1.165) is 43.6 Å². The van der Waals surface area contributed by atoms with Gasteiger partial charge in [-0.3, -0.25) is 4.79 Å². The van der Waals surface area contributed by atoms with Gasteiger partial charge in [0.1, 0.15) is 0 Å². The lowest BCUT2D eigenvalue weighted by molar-refractivity contribution is -0.130. The van der Waals surface area contributed by atoms with Crippen molar-refractivity contribution in [2.24, 2.45) is 5.41 Å². The number of hydrogen-bond donors (Lipinski definition) is 2. The summed E-state index contributed by atoms with van der Waals surface area (Å²) in [7, 11) is 1.66. The summed E-state index contributed by atoms with van der Waals surface area (Å²) in [5.74, 6) is 0.0238. The molecule has 1 saturated heterocycles. The minimum absolute atomic E-state index is 0.0238. The van der Waals surface area contributed by atoms with Crippen LogP contribution in [0.4, 0.5) is 5.13 Å². The molecule has 1 aliphatic carbocycles. The molecule has 26 heavy (non-hydrogen) atoms. The quantitative estimate of drug-likeness (QED) is 0.847. The zero-order valence-electron chi connectivity index (χ0n) is 15.1. The van der Waals surface area contributed by atoms with Gasteiger partial charge in [-0.05, 0) is 62.4 Å². The predicted octanol–water partition coefficient (Wildman–Crippen LogP) is 3.25. The minimum Gasteiger partial charge on any atom is -0.384 e. The van der Waals surface area contributed by atoms with Gasteiger partial charge in [0.2, 0.25) is 5.91 Å². The van der Waals surface area contributed by atoms with Crippen LogP contribution >= 0.6 is 11.3 Å². The molecular formula is C20H25N3O2S. The second-order valence-electron chi connectivity index (χ2n) is 7.29. The van der Waals surface area contributed by atoms with Crippen LogP contribution < -0.4 is 10.6 Å². The normalized spacial score (nSPS) is 18.5. The lowest BCUT2D eigenvalue weighted by Crippen LogP contribution is -2.47. The number of thiazole rings is 1. The average molecular weight is 372 g/mol. The lowest BCUT2D eigenvalue weighted by Gasteiger charge is -2.35. The maximum Gasteiger partial charge on any atom is 0.234 e. The zero-order valence-corrected chi connectivity index (χ0v) is 16.0. The van der Waals surface area contributed by atoms with Gasteiger partial charge in [0.05, 0.1) is 17.7 Å². The molecule has 1 aromatic carbocycles. The van der Waals surface area contributed by atoms with E-state index in [2.05, 4.69) is 33.8 Å². The zero-order chi connectivity index (χ0) is 18.0. The second kappa shape index (κ2) is 7.47. The molecule has 0 atom stereocenters. The molecule has 0 bridgehead atoms. The number of benzene rings is 1. The molecule has 2 N–H and O–H groups in total. The number of amides is 1. The van der Waals surface area contributed by atoms with Gasteiger partial charge in [0, 0.05) is 18.1 Å². The Balaban J connectivity index is 1.50. The Kier molecular flexibility index (Phi) is 5.07. The van der Waals surface area contributed by atoms with Crippen molar-refractivity contribution < 1.29 is 9.53 Å². The van der Waals surface area contributed by atoms with Crippen molar-refractivity contribution in [3.63, 3.8) is 0 Å². The molecule has 0 unspecified atom stereocenters. The summed E-state index contributed by atoms with van der Waals surface area (Å²) < 4.78 is 5.36. The first-order valence-corrected chi connectivity index (χ1v) is 10.2. The number of aromatic nitrogens is 1. The Morgan fingerprint density at radius 2 is 2.12 bits per heavy atom. The Morgan fingerprint density at radius 1 is 1.31 bits per heavy atom. The van der Waals surface area contributed by atoms with Gasteiger partial charge in [-0.15, -0.1) is 11.3 Å². The number of nitrogens with zero attached hydrogens (tertiary/aromatic N) is 1. The number of ether oxygens (including phenoxy) is 1. The van der Waals surface area contributed by atoms with Crippen molar-refractivity contribution in [2.45, 2.75) is 32.1 Å². The third-order valence-corrected chi connectivity index (χ3v) is 6.34. The van der Waals surface area contributed by atoms with Crippen LogP contribution in [-0.2, 0) is 22.4 Å². The highest BCUT2D eigenvalue weighted by Gasteiger charge is 2.40. The monoisotopic (exact) mass is 371 g/mol. The van der Waals surface area contributed by atoms with Crippen molar-refractivity contribution in [3.05, 3.63) is 34.7 Å². The number of carbonyl (C=O) groups excluding carboxylic acids is 1. The van der Waals surface area contributed by atoms with E-state index in [1.165, 1.54) is 35.3 Å². The number of aryl methyl sites for hydroxylation is 2. The average Bonchev–Trinajstić information content (AvgIpc) is 3.31. The van der Waals surface area contributed by atoms with E-state index in [9.17, 15) is 4.79 Å². The van der Waals surface area contributed by atoms with Crippen LogP contribution in [0.25, 0.3) is 11.3 Å². The molecule has 1 aromatic heterocycles. The number of nitrogens with one attached hydrogen (secondary N) is 2. The smallest absolute Gasteiger partial charge is 0.234 e. The van der Waals surface area contributed by atoms with Crippen molar-refractivity contribution in [3.8, 4) is 11.3 Å². The van der Waals surface area contributed by atoms with Crippen molar-refractivity contribution >= 4 is 22.4 Å². The summed E-state index contributed by atoms with van der Waals surface area (Å²) in [4.78, 5) is 17.6. The van der Waals surface area contributed by atoms with Crippen LogP contribution in [0, 0.1) is 5.41 Å². The molecule has 2 heterocycles. The molecule has 138 valence electrons. The summed E-state index contributed by atoms with van der Waals surface area (Å²) in [6.45, 7) is 2.13. The Hall–Kier alpha value is -1.76. The molecule has 0 spiro atoms. The van der Waals surface area contributed by atoms with Crippen LogP contribution in [0.15, 0.2) is 23.6 Å². The van der Waals surface area contributed by atoms with Gasteiger partial charge in [-0.25, -0.2) is 4.98 Å². The number of rotatable bonds is 5. The summed E-state index contributed by atoms with van der Waals surface area (Å²) in [6.07, 6.45) is 5.16. The maximum atomic E-state index is 12.9. The standard InChI is InChI=1S/C20H25N3O2S/c1-25-13-20(7-9-21-10-8-20)18(24)23-19-22-17(12-26-19)16-6-5-14-3-2-4-15(14)11-16/h5-6,11-12,21H,2-4,7-10,13H2,1H3,(H,22,23,24). The topological polar surface area (TPSA) is 63.2 Å². The molecule has 5 nitrogen and oxygen atoms in total. The van der Waals surface area contributed by atoms with Gasteiger partial charge in [-0.2, -0.15) is 0 Å². The molecule has 4 rings (SSSR count). The van der Waals surface area contributed by atoms with E-state index in [0.29, 0.717) is 11.7 Å². The molecule has 1 fully saturated rings. The molecule has 0 radical (unpaired) electrons. The van der Waals surface area contributed by atoms with Gasteiger partial charge < -0.3 is 15.4 Å². The molecule has 1 aliphatic heterocycles. The van der Waals surface area contributed by atoms with Crippen LogP contribution in [0.2, 0.25) is 0 Å². The van der Waals surface area contributed by atoms with Crippen molar-refractivity contribution in [2.75, 3.05) is 32.1 Å². The molecular weight excluding hydrogens is 346 g/mol. The van der Waals surface area contributed by atoms with Gasteiger partial charge in [0.15, 0.2) is 5.13 Å². The van der Waals surface area contributed by atoms with Gasteiger partial charge in [-0.1, -0.05) is 12.1 Å². The summed E-state index contributed by atoms with van der Waals surface area (Å²) >= 11 is 1.49. The largest absolute Gasteiger partial charge is 0.384 e. The van der Waals surface area contributed by atoms with E-state index in [-0.39, 0.29) is 5.91 Å². The summed E-state index contributed by atoms with van der Waals surface area (Å²) in [5.41, 5.74) is 4.51. The number of anilines is 1. The maximum absolute atomic E-state index is 12.9. The first kappa shape index (κ1) is 17.6. The fourth-order valence-electron chi connectivity index (χ4n) is 4.04. The number of carbonyl (C=O) groups is 1. The highest BCUT2D eigenvalue weighted by Crippen LogP contribution is 2.33. The summed E-state index contributed by atoms with van der Waals surface area (Å²) in [5, 5.41) is 9.05.